The molecule has 0 spiro atoms. The number of carbonyl (C=O) groups excluding carboxylic acids is 1. The van der Waals surface area contributed by atoms with E-state index < -0.39 is 5.91 Å². The van der Waals surface area contributed by atoms with Crippen LogP contribution in [0.15, 0.2) is 40.9 Å². The van der Waals surface area contributed by atoms with Gasteiger partial charge in [-0.25, -0.2) is 0 Å². The quantitative estimate of drug-likeness (QED) is 0.820. The Bertz CT molecular complexity index is 726. The molecular weight excluding hydrogens is 363 g/mol. The van der Waals surface area contributed by atoms with Crippen molar-refractivity contribution in [1.82, 2.24) is 0 Å². The number of halogens is 3. The molecule has 0 fully saturated rings. The summed E-state index contributed by atoms with van der Waals surface area (Å²) >= 11 is 15.1. The van der Waals surface area contributed by atoms with Crippen LogP contribution in [-0.4, -0.2) is 5.91 Å². The van der Waals surface area contributed by atoms with Gasteiger partial charge in [-0.05, 0) is 30.3 Å². The number of hydrogen-bond donors (Lipinski definition) is 1. The van der Waals surface area contributed by atoms with Crippen molar-refractivity contribution in [3.05, 3.63) is 62.0 Å². The fourth-order valence-electron chi connectivity index (χ4n) is 1.59. The molecule has 0 unspecified atom stereocenters. The smallest absolute Gasteiger partial charge is 0.257 e. The molecule has 0 saturated heterocycles. The minimum absolute atomic E-state index is 0.183. The third-order valence-electron chi connectivity index (χ3n) is 2.55. The summed E-state index contributed by atoms with van der Waals surface area (Å²) in [5.74, 6) is -0.420. The highest BCUT2D eigenvalue weighted by Gasteiger charge is 2.14. The lowest BCUT2D eigenvalue weighted by atomic mass is 10.1. The van der Waals surface area contributed by atoms with Crippen LogP contribution in [0, 0.1) is 11.3 Å². The van der Waals surface area contributed by atoms with Gasteiger partial charge in [0.15, 0.2) is 0 Å². The average Bonchev–Trinajstić information content (AvgIpc) is 2.43. The van der Waals surface area contributed by atoms with E-state index >= 15 is 0 Å². The Morgan fingerprint density at radius 1 is 1.25 bits per heavy atom. The molecule has 2 aromatic carbocycles. The molecule has 0 radical (unpaired) electrons. The van der Waals surface area contributed by atoms with Crippen molar-refractivity contribution in [3.8, 4) is 6.07 Å². The molecule has 0 aliphatic heterocycles. The van der Waals surface area contributed by atoms with E-state index in [0.717, 1.165) is 4.47 Å². The summed E-state index contributed by atoms with van der Waals surface area (Å²) < 4.78 is 0.757. The summed E-state index contributed by atoms with van der Waals surface area (Å²) in [5, 5.41) is 12.2. The first-order valence-corrected chi connectivity index (χ1v) is 7.03. The molecule has 0 saturated carbocycles. The zero-order chi connectivity index (χ0) is 14.7. The monoisotopic (exact) mass is 368 g/mol. The molecule has 6 heteroatoms. The first-order valence-electron chi connectivity index (χ1n) is 5.48. The minimum atomic E-state index is -0.420. The van der Waals surface area contributed by atoms with Crippen molar-refractivity contribution >= 4 is 50.7 Å². The Morgan fingerprint density at radius 2 is 2.00 bits per heavy atom. The van der Waals surface area contributed by atoms with Gasteiger partial charge in [-0.3, -0.25) is 4.79 Å². The molecule has 2 rings (SSSR count). The van der Waals surface area contributed by atoms with Crippen LogP contribution in [0.3, 0.4) is 0 Å². The number of hydrogen-bond acceptors (Lipinski definition) is 2. The second kappa shape index (κ2) is 6.27. The molecule has 0 bridgehead atoms. The minimum Gasteiger partial charge on any atom is -0.321 e. The summed E-state index contributed by atoms with van der Waals surface area (Å²) in [6.07, 6.45) is 0. The van der Waals surface area contributed by atoms with Crippen LogP contribution in [0.25, 0.3) is 0 Å². The summed E-state index contributed by atoms with van der Waals surface area (Å²) in [7, 11) is 0. The van der Waals surface area contributed by atoms with E-state index in [-0.39, 0.29) is 10.6 Å². The Kier molecular flexibility index (Phi) is 4.66. The van der Waals surface area contributed by atoms with Crippen molar-refractivity contribution in [2.45, 2.75) is 0 Å². The number of benzene rings is 2. The van der Waals surface area contributed by atoms with Crippen LogP contribution in [-0.2, 0) is 0 Å². The van der Waals surface area contributed by atoms with Crippen molar-refractivity contribution in [2.75, 3.05) is 5.32 Å². The third kappa shape index (κ3) is 3.13. The Labute approximate surface area is 134 Å². The maximum absolute atomic E-state index is 12.2. The molecule has 2 aromatic rings. The lowest BCUT2D eigenvalue weighted by molar-refractivity contribution is 0.102. The van der Waals surface area contributed by atoms with Crippen LogP contribution in [0.5, 0.6) is 0 Å². The maximum atomic E-state index is 12.2. The number of rotatable bonds is 2. The fourth-order valence-corrected chi connectivity index (χ4v) is 2.33. The normalized spacial score (nSPS) is 9.90. The van der Waals surface area contributed by atoms with E-state index in [9.17, 15) is 4.79 Å². The standard InChI is InChI=1S/C14H7BrCl2N2O/c15-9-4-5-12(8(6-9)7-18)19-14(20)10-2-1-3-11(16)13(10)17/h1-6H,(H,19,20). The van der Waals surface area contributed by atoms with Gasteiger partial charge in [-0.1, -0.05) is 45.2 Å². The summed E-state index contributed by atoms with van der Waals surface area (Å²) in [6.45, 7) is 0. The molecule has 0 heterocycles. The molecule has 100 valence electrons. The number of carbonyl (C=O) groups is 1. The van der Waals surface area contributed by atoms with Crippen LogP contribution < -0.4 is 5.32 Å². The highest BCUT2D eigenvalue weighted by atomic mass is 79.9. The van der Waals surface area contributed by atoms with Crippen molar-refractivity contribution in [2.24, 2.45) is 0 Å². The van der Waals surface area contributed by atoms with Crippen LogP contribution in [0.2, 0.25) is 10.0 Å². The summed E-state index contributed by atoms with van der Waals surface area (Å²) in [6, 6.07) is 11.8. The van der Waals surface area contributed by atoms with E-state index in [1.165, 1.54) is 0 Å². The van der Waals surface area contributed by atoms with Gasteiger partial charge >= 0.3 is 0 Å². The number of amides is 1. The van der Waals surface area contributed by atoms with Gasteiger partial charge in [0, 0.05) is 4.47 Å². The van der Waals surface area contributed by atoms with Gasteiger partial charge in [-0.15, -0.1) is 0 Å². The Morgan fingerprint density at radius 3 is 2.70 bits per heavy atom. The van der Waals surface area contributed by atoms with E-state index in [1.807, 2.05) is 6.07 Å². The molecule has 3 nitrogen and oxygen atoms in total. The average molecular weight is 370 g/mol. The maximum Gasteiger partial charge on any atom is 0.257 e. The predicted molar refractivity (Wildman–Crippen MR) is 83.3 cm³/mol. The van der Waals surface area contributed by atoms with Gasteiger partial charge in [-0.2, -0.15) is 5.26 Å². The molecule has 0 aliphatic carbocycles. The summed E-state index contributed by atoms with van der Waals surface area (Å²) in [4.78, 5) is 12.2. The summed E-state index contributed by atoms with van der Waals surface area (Å²) in [5.41, 5.74) is 1.02. The Balaban J connectivity index is 2.33. The topological polar surface area (TPSA) is 52.9 Å². The molecule has 0 aliphatic rings. The lowest BCUT2D eigenvalue weighted by Crippen LogP contribution is -2.13. The van der Waals surface area contributed by atoms with Crippen molar-refractivity contribution < 1.29 is 4.79 Å². The van der Waals surface area contributed by atoms with E-state index in [2.05, 4.69) is 21.2 Å². The fraction of sp³-hybridized carbons (Fsp3) is 0. The molecule has 1 N–H and O–H groups in total. The van der Waals surface area contributed by atoms with Gasteiger partial charge in [0.25, 0.3) is 5.91 Å². The van der Waals surface area contributed by atoms with Crippen LogP contribution in [0.4, 0.5) is 5.69 Å². The number of anilines is 1. The molecule has 1 amide bonds. The zero-order valence-electron chi connectivity index (χ0n) is 9.95. The number of nitrogens with zero attached hydrogens (tertiary/aromatic N) is 1. The van der Waals surface area contributed by atoms with E-state index in [0.29, 0.717) is 16.3 Å². The van der Waals surface area contributed by atoms with Gasteiger partial charge < -0.3 is 5.32 Å². The zero-order valence-corrected chi connectivity index (χ0v) is 13.1. The molecular formula is C14H7BrCl2N2O. The first-order chi connectivity index (χ1) is 9.52. The Hall–Kier alpha value is -1.54. The highest BCUT2D eigenvalue weighted by molar-refractivity contribution is 9.10. The van der Waals surface area contributed by atoms with Gasteiger partial charge in [0.1, 0.15) is 6.07 Å². The van der Waals surface area contributed by atoms with Crippen LogP contribution >= 0.6 is 39.1 Å². The second-order valence-corrected chi connectivity index (χ2v) is 5.56. The molecule has 20 heavy (non-hydrogen) atoms. The van der Waals surface area contributed by atoms with E-state index in [4.69, 9.17) is 28.5 Å². The molecule has 0 aromatic heterocycles. The third-order valence-corrected chi connectivity index (χ3v) is 3.86. The lowest BCUT2D eigenvalue weighted by Gasteiger charge is -2.09. The molecule has 0 atom stereocenters. The van der Waals surface area contributed by atoms with Crippen molar-refractivity contribution in [1.29, 1.82) is 5.26 Å². The van der Waals surface area contributed by atoms with Crippen molar-refractivity contribution in [3.63, 3.8) is 0 Å². The number of nitriles is 1. The largest absolute Gasteiger partial charge is 0.321 e. The van der Waals surface area contributed by atoms with Gasteiger partial charge in [0.05, 0.1) is 26.9 Å². The first kappa shape index (κ1) is 14.9. The SMILES string of the molecule is N#Cc1cc(Br)ccc1NC(=O)c1cccc(Cl)c1Cl. The highest BCUT2D eigenvalue weighted by Crippen LogP contribution is 2.27. The predicted octanol–water partition coefficient (Wildman–Crippen LogP) is 4.88. The van der Waals surface area contributed by atoms with Crippen LogP contribution in [0.1, 0.15) is 15.9 Å². The number of nitrogens with one attached hydrogen (secondary N) is 1. The second-order valence-electron chi connectivity index (χ2n) is 3.86. The van der Waals surface area contributed by atoms with E-state index in [1.54, 1.807) is 36.4 Å². The van der Waals surface area contributed by atoms with Gasteiger partial charge in [0.2, 0.25) is 0 Å².